The van der Waals surface area contributed by atoms with Crippen LogP contribution < -0.4 is 10.1 Å². The van der Waals surface area contributed by atoms with Gasteiger partial charge in [-0.3, -0.25) is 19.3 Å². The fraction of sp³-hybridized carbons (Fsp3) is 0.148. The second-order valence-electron chi connectivity index (χ2n) is 8.23. The number of imide groups is 1. The third-order valence-corrected chi connectivity index (χ3v) is 6.92. The summed E-state index contributed by atoms with van der Waals surface area (Å²) < 4.78 is 5.58. The van der Waals surface area contributed by atoms with Crippen LogP contribution in [0, 0.1) is 13.8 Å². The van der Waals surface area contributed by atoms with Crippen molar-refractivity contribution in [3.63, 3.8) is 0 Å². The Morgan fingerprint density at radius 1 is 1.03 bits per heavy atom. The normalized spacial score (nSPS) is 14.4. The molecule has 0 saturated carbocycles. The molecule has 3 aromatic carbocycles. The molecule has 1 saturated heterocycles. The van der Waals surface area contributed by atoms with Gasteiger partial charge in [0, 0.05) is 15.7 Å². The number of nitrogens with one attached hydrogen (secondary N) is 1. The van der Waals surface area contributed by atoms with E-state index in [1.165, 1.54) is 0 Å². The van der Waals surface area contributed by atoms with Crippen LogP contribution in [0.4, 0.5) is 10.5 Å². The highest BCUT2D eigenvalue weighted by molar-refractivity contribution is 8.18. The summed E-state index contributed by atoms with van der Waals surface area (Å²) in [5, 5.41) is 3.34. The number of anilines is 1. The Hall–Kier alpha value is -3.26. The highest BCUT2D eigenvalue weighted by atomic mass is 35.5. The third kappa shape index (κ3) is 6.29. The average molecular weight is 541 g/mol. The Morgan fingerprint density at radius 3 is 2.47 bits per heavy atom. The third-order valence-electron chi connectivity index (χ3n) is 5.42. The first-order valence-electron chi connectivity index (χ1n) is 11.0. The van der Waals surface area contributed by atoms with Crippen LogP contribution in [0.15, 0.2) is 65.6 Å². The maximum absolute atomic E-state index is 12.8. The van der Waals surface area contributed by atoms with Crippen molar-refractivity contribution in [2.75, 3.05) is 11.9 Å². The van der Waals surface area contributed by atoms with Crippen LogP contribution in [0.5, 0.6) is 5.75 Å². The van der Waals surface area contributed by atoms with Crippen LogP contribution in [0.1, 0.15) is 22.3 Å². The molecule has 1 heterocycles. The van der Waals surface area contributed by atoms with Crippen LogP contribution in [-0.4, -0.2) is 28.6 Å². The second kappa shape index (κ2) is 11.2. The van der Waals surface area contributed by atoms with Crippen LogP contribution >= 0.6 is 35.0 Å². The molecule has 1 N–H and O–H groups in total. The van der Waals surface area contributed by atoms with E-state index in [9.17, 15) is 14.4 Å². The lowest BCUT2D eigenvalue weighted by Crippen LogP contribution is -2.27. The van der Waals surface area contributed by atoms with Gasteiger partial charge in [-0.1, -0.05) is 59.1 Å². The van der Waals surface area contributed by atoms with E-state index >= 15 is 0 Å². The maximum Gasteiger partial charge on any atom is 0.293 e. The van der Waals surface area contributed by atoms with Gasteiger partial charge in [0.25, 0.3) is 17.1 Å². The predicted octanol–water partition coefficient (Wildman–Crippen LogP) is 6.86. The van der Waals surface area contributed by atoms with Gasteiger partial charge in [0.15, 0.2) is 6.61 Å². The summed E-state index contributed by atoms with van der Waals surface area (Å²) in [5.41, 5.74) is 4.20. The van der Waals surface area contributed by atoms with E-state index in [0.29, 0.717) is 26.3 Å². The summed E-state index contributed by atoms with van der Waals surface area (Å²) in [6, 6.07) is 17.6. The minimum absolute atomic E-state index is 0.0644. The molecule has 0 atom stereocenters. The fourth-order valence-corrected chi connectivity index (χ4v) is 4.86. The van der Waals surface area contributed by atoms with Crippen molar-refractivity contribution in [3.05, 3.63) is 97.9 Å². The lowest BCUT2D eigenvalue weighted by molar-refractivity contribution is -0.123. The Balaban J connectivity index is 1.35. The van der Waals surface area contributed by atoms with Gasteiger partial charge in [-0.15, -0.1) is 0 Å². The highest BCUT2D eigenvalue weighted by Gasteiger charge is 2.35. The zero-order valence-corrected chi connectivity index (χ0v) is 21.8. The summed E-state index contributed by atoms with van der Waals surface area (Å²) in [6.07, 6.45) is 1.64. The lowest BCUT2D eigenvalue weighted by Gasteiger charge is -2.13. The lowest BCUT2D eigenvalue weighted by atomic mass is 10.1. The Labute approximate surface area is 223 Å². The molecule has 3 amide bonds. The van der Waals surface area contributed by atoms with E-state index in [1.54, 1.807) is 48.5 Å². The first kappa shape index (κ1) is 25.8. The van der Waals surface area contributed by atoms with E-state index in [4.69, 9.17) is 27.9 Å². The second-order valence-corrected chi connectivity index (χ2v) is 10.1. The minimum Gasteiger partial charge on any atom is -0.484 e. The molecule has 1 aliphatic heterocycles. The van der Waals surface area contributed by atoms with Crippen molar-refractivity contribution < 1.29 is 19.1 Å². The van der Waals surface area contributed by atoms with Gasteiger partial charge in [0.05, 0.1) is 11.4 Å². The van der Waals surface area contributed by atoms with Gasteiger partial charge >= 0.3 is 0 Å². The van der Waals surface area contributed by atoms with E-state index in [1.807, 2.05) is 32.0 Å². The molecule has 1 fully saturated rings. The molecule has 3 aromatic rings. The minimum atomic E-state index is -0.389. The molecule has 4 rings (SSSR count). The van der Waals surface area contributed by atoms with Gasteiger partial charge in [-0.05, 0) is 78.7 Å². The molecule has 0 aliphatic carbocycles. The zero-order valence-electron chi connectivity index (χ0n) is 19.5. The van der Waals surface area contributed by atoms with Crippen molar-refractivity contribution in [2.24, 2.45) is 0 Å². The quantitative estimate of drug-likeness (QED) is 0.331. The van der Waals surface area contributed by atoms with Crippen molar-refractivity contribution in [1.29, 1.82) is 0 Å². The summed E-state index contributed by atoms with van der Waals surface area (Å²) in [7, 11) is 0. The first-order chi connectivity index (χ1) is 17.2. The molecule has 1 aliphatic rings. The van der Waals surface area contributed by atoms with Crippen LogP contribution in [-0.2, 0) is 16.1 Å². The molecular formula is C27H22Cl2N2O4S. The van der Waals surface area contributed by atoms with Gasteiger partial charge < -0.3 is 10.1 Å². The van der Waals surface area contributed by atoms with E-state index < -0.39 is 0 Å². The van der Waals surface area contributed by atoms with Crippen LogP contribution in [0.2, 0.25) is 10.0 Å². The number of halogens is 2. The number of nitrogens with zero attached hydrogens (tertiary/aromatic N) is 1. The van der Waals surface area contributed by atoms with Crippen molar-refractivity contribution in [1.82, 2.24) is 4.90 Å². The molecule has 0 bridgehead atoms. The maximum atomic E-state index is 12.8. The van der Waals surface area contributed by atoms with Gasteiger partial charge in [0.1, 0.15) is 5.75 Å². The van der Waals surface area contributed by atoms with Gasteiger partial charge in [0.2, 0.25) is 0 Å². The number of carbonyl (C=O) groups excluding carboxylic acids is 3. The molecule has 184 valence electrons. The summed E-state index contributed by atoms with van der Waals surface area (Å²) in [6.45, 7) is 3.85. The van der Waals surface area contributed by atoms with Crippen molar-refractivity contribution in [2.45, 2.75) is 20.4 Å². The fourth-order valence-electron chi connectivity index (χ4n) is 3.56. The standard InChI is InChI=1S/C27H22Cl2N2O4S/c1-16-3-10-23(17(2)11-16)30-25(32)15-35-21-8-4-18(5-9-21)12-24-26(33)31(27(34)36-24)14-19-6-7-20(28)13-22(19)29/h3-13H,14-15H2,1-2H3,(H,30,32)/b24-12-. The highest BCUT2D eigenvalue weighted by Crippen LogP contribution is 2.34. The SMILES string of the molecule is Cc1ccc(NC(=O)COc2ccc(/C=C3\SC(=O)N(Cc4ccc(Cl)cc4Cl)C3=O)cc2)c(C)c1. The number of benzene rings is 3. The summed E-state index contributed by atoms with van der Waals surface area (Å²) in [4.78, 5) is 39.0. The number of aryl methyl sites for hydroxylation is 2. The Morgan fingerprint density at radius 2 is 1.78 bits per heavy atom. The number of amides is 3. The van der Waals surface area contributed by atoms with Crippen LogP contribution in [0.3, 0.4) is 0 Å². The molecule has 0 unspecified atom stereocenters. The molecule has 36 heavy (non-hydrogen) atoms. The Kier molecular flexibility index (Phi) is 8.04. The molecule has 0 spiro atoms. The van der Waals surface area contributed by atoms with Crippen molar-refractivity contribution >= 4 is 63.8 Å². The topological polar surface area (TPSA) is 75.7 Å². The predicted molar refractivity (Wildman–Crippen MR) is 144 cm³/mol. The largest absolute Gasteiger partial charge is 0.484 e. The molecule has 9 heteroatoms. The number of carbonyl (C=O) groups is 3. The monoisotopic (exact) mass is 540 g/mol. The van der Waals surface area contributed by atoms with E-state index in [2.05, 4.69) is 5.32 Å². The molecule has 0 aromatic heterocycles. The number of thioether (sulfide) groups is 1. The number of ether oxygens (including phenoxy) is 1. The average Bonchev–Trinajstić information content (AvgIpc) is 3.09. The van der Waals surface area contributed by atoms with Crippen molar-refractivity contribution in [3.8, 4) is 5.75 Å². The van der Waals surface area contributed by atoms with E-state index in [0.717, 1.165) is 39.0 Å². The number of hydrogen-bond donors (Lipinski definition) is 1. The van der Waals surface area contributed by atoms with E-state index in [-0.39, 0.29) is 30.2 Å². The zero-order chi connectivity index (χ0) is 25.8. The first-order valence-corrected chi connectivity index (χ1v) is 12.6. The van der Waals surface area contributed by atoms with Gasteiger partial charge in [-0.25, -0.2) is 0 Å². The summed E-state index contributed by atoms with van der Waals surface area (Å²) >= 11 is 13.0. The van der Waals surface area contributed by atoms with Crippen LogP contribution in [0.25, 0.3) is 6.08 Å². The number of hydrogen-bond acceptors (Lipinski definition) is 5. The Bertz CT molecular complexity index is 1370. The molecule has 6 nitrogen and oxygen atoms in total. The van der Waals surface area contributed by atoms with Gasteiger partial charge in [-0.2, -0.15) is 0 Å². The number of rotatable bonds is 7. The molecule has 0 radical (unpaired) electrons. The smallest absolute Gasteiger partial charge is 0.293 e. The summed E-state index contributed by atoms with van der Waals surface area (Å²) in [5.74, 6) is -0.145. The molecular weight excluding hydrogens is 519 g/mol.